The lowest BCUT2D eigenvalue weighted by Crippen LogP contribution is -2.41. The van der Waals surface area contributed by atoms with Crippen LogP contribution in [0.2, 0.25) is 0 Å². The fraction of sp³-hybridized carbons (Fsp3) is 0.519. The predicted molar refractivity (Wildman–Crippen MR) is 145 cm³/mol. The number of rotatable bonds is 12. The maximum Gasteiger partial charge on any atom is 0.319 e. The van der Waals surface area contributed by atoms with E-state index in [4.69, 9.17) is 10.5 Å². The number of urea groups is 1. The molecular weight excluding hydrogens is 470 g/mol. The summed E-state index contributed by atoms with van der Waals surface area (Å²) in [6.07, 6.45) is 8.50. The van der Waals surface area contributed by atoms with Gasteiger partial charge in [0.15, 0.2) is 0 Å². The maximum atomic E-state index is 12.3. The molecule has 0 bridgehead atoms. The molecule has 3 atom stereocenters. The Hall–Kier alpha value is -3.21. The summed E-state index contributed by atoms with van der Waals surface area (Å²) >= 11 is 0. The number of carbonyl (C=O) groups excluding carboxylic acids is 1. The van der Waals surface area contributed by atoms with Crippen LogP contribution >= 0.6 is 0 Å². The first-order chi connectivity index (χ1) is 17.9. The molecule has 2 aromatic heterocycles. The number of aliphatic hydroxyl groups is 1. The quantitative estimate of drug-likeness (QED) is 0.215. The van der Waals surface area contributed by atoms with Crippen LogP contribution in [0.3, 0.4) is 0 Å². The molecule has 0 saturated carbocycles. The number of ether oxygens (including phenoxy) is 1. The van der Waals surface area contributed by atoms with E-state index >= 15 is 0 Å². The number of nitrogens with zero attached hydrogens (tertiary/aromatic N) is 4. The number of unbranched alkanes of at least 4 members (excludes halogenated alkanes) is 1. The molecule has 1 aliphatic rings. The lowest BCUT2D eigenvalue weighted by molar-refractivity contribution is -0.0483. The fourth-order valence-electron chi connectivity index (χ4n) is 4.74. The molecule has 0 radical (unpaired) electrons. The predicted octanol–water partition coefficient (Wildman–Crippen LogP) is 3.89. The number of hydrogen-bond donors (Lipinski definition) is 4. The Morgan fingerprint density at radius 3 is 2.81 bits per heavy atom. The van der Waals surface area contributed by atoms with Gasteiger partial charge in [-0.3, -0.25) is 4.90 Å². The van der Waals surface area contributed by atoms with Gasteiger partial charge in [-0.1, -0.05) is 25.5 Å². The SMILES string of the molecule is CCCCc1ccc(NC(=O)NCCCN(CC2CCC(n3ccc4c(N)ncnc43)O2)C(C)O)cc1. The number of nitrogens with one attached hydrogen (secondary N) is 2. The van der Waals surface area contributed by atoms with Gasteiger partial charge in [0, 0.05) is 31.5 Å². The molecule has 1 fully saturated rings. The van der Waals surface area contributed by atoms with Gasteiger partial charge in [0.1, 0.15) is 30.2 Å². The van der Waals surface area contributed by atoms with Crippen molar-refractivity contribution in [3.63, 3.8) is 0 Å². The van der Waals surface area contributed by atoms with Gasteiger partial charge in [0.05, 0.1) is 11.5 Å². The first-order valence-electron chi connectivity index (χ1n) is 13.2. The number of anilines is 2. The van der Waals surface area contributed by atoms with E-state index < -0.39 is 6.23 Å². The summed E-state index contributed by atoms with van der Waals surface area (Å²) in [6, 6.07) is 9.68. The minimum absolute atomic E-state index is 0.00668. The van der Waals surface area contributed by atoms with Gasteiger partial charge < -0.3 is 30.8 Å². The van der Waals surface area contributed by atoms with Crippen molar-refractivity contribution in [3.05, 3.63) is 48.4 Å². The highest BCUT2D eigenvalue weighted by atomic mass is 16.5. The van der Waals surface area contributed by atoms with Crippen LogP contribution in [0.25, 0.3) is 11.0 Å². The zero-order valence-corrected chi connectivity index (χ0v) is 21.8. The van der Waals surface area contributed by atoms with Crippen LogP contribution in [0.15, 0.2) is 42.9 Å². The summed E-state index contributed by atoms with van der Waals surface area (Å²) in [5.41, 5.74) is 8.79. The standard InChI is InChI=1S/C27H39N7O3/c1-3-4-6-20-7-9-21(10-8-20)32-27(36)29-14-5-15-33(19(2)35)17-22-11-12-24(37-22)34-16-13-23-25(28)30-18-31-26(23)34/h7-10,13,16,18-19,22,24,35H,3-6,11-12,14-15,17H2,1-2H3,(H2,28,30,31)(H2,29,32,36). The average Bonchev–Trinajstić information content (AvgIpc) is 3.53. The highest BCUT2D eigenvalue weighted by Crippen LogP contribution is 2.32. The van der Waals surface area contributed by atoms with Crippen LogP contribution in [0.5, 0.6) is 0 Å². The lowest BCUT2D eigenvalue weighted by atomic mass is 10.1. The first kappa shape index (κ1) is 26.8. The number of aryl methyl sites for hydroxylation is 1. The summed E-state index contributed by atoms with van der Waals surface area (Å²) in [7, 11) is 0. The van der Waals surface area contributed by atoms with Gasteiger partial charge >= 0.3 is 6.03 Å². The van der Waals surface area contributed by atoms with E-state index in [1.165, 1.54) is 24.7 Å². The molecule has 0 aliphatic carbocycles. The zero-order valence-electron chi connectivity index (χ0n) is 21.8. The number of aromatic nitrogens is 3. The molecule has 37 heavy (non-hydrogen) atoms. The molecule has 3 heterocycles. The maximum absolute atomic E-state index is 12.3. The molecule has 5 N–H and O–H groups in total. The Morgan fingerprint density at radius 1 is 1.24 bits per heavy atom. The largest absolute Gasteiger partial charge is 0.383 e. The summed E-state index contributed by atoms with van der Waals surface area (Å²) in [6.45, 7) is 5.70. The molecule has 3 aromatic rings. The van der Waals surface area contributed by atoms with E-state index in [1.54, 1.807) is 6.92 Å². The van der Waals surface area contributed by atoms with Gasteiger partial charge in [-0.05, 0) is 62.8 Å². The topological polar surface area (TPSA) is 131 Å². The Bertz CT molecular complexity index is 1150. The second kappa shape index (κ2) is 12.8. The fourth-order valence-corrected chi connectivity index (χ4v) is 4.74. The molecule has 2 amide bonds. The molecule has 4 rings (SSSR count). The number of aliphatic hydroxyl groups excluding tert-OH is 1. The van der Waals surface area contributed by atoms with Gasteiger partial charge in [-0.25, -0.2) is 14.8 Å². The zero-order chi connectivity index (χ0) is 26.2. The van der Waals surface area contributed by atoms with E-state index in [0.29, 0.717) is 31.9 Å². The third kappa shape index (κ3) is 7.18. The number of carbonyl (C=O) groups is 1. The number of nitrogen functional groups attached to an aromatic ring is 1. The van der Waals surface area contributed by atoms with Crippen molar-refractivity contribution in [1.82, 2.24) is 24.8 Å². The van der Waals surface area contributed by atoms with Crippen molar-refractivity contribution in [3.8, 4) is 0 Å². The lowest BCUT2D eigenvalue weighted by Gasteiger charge is -2.28. The highest BCUT2D eigenvalue weighted by molar-refractivity contribution is 5.89. The van der Waals surface area contributed by atoms with Crippen LogP contribution in [0.1, 0.15) is 57.7 Å². The van der Waals surface area contributed by atoms with Crippen LogP contribution in [-0.2, 0) is 11.2 Å². The van der Waals surface area contributed by atoms with Crippen molar-refractivity contribution < 1.29 is 14.6 Å². The molecule has 10 heteroatoms. The molecule has 1 aliphatic heterocycles. The van der Waals surface area contributed by atoms with E-state index in [0.717, 1.165) is 36.0 Å². The van der Waals surface area contributed by atoms with Crippen molar-refractivity contribution >= 4 is 28.6 Å². The minimum atomic E-state index is -0.609. The Morgan fingerprint density at radius 2 is 2.05 bits per heavy atom. The Kier molecular flexibility index (Phi) is 9.32. The number of benzene rings is 1. The summed E-state index contributed by atoms with van der Waals surface area (Å²) in [4.78, 5) is 22.7. The highest BCUT2D eigenvalue weighted by Gasteiger charge is 2.30. The van der Waals surface area contributed by atoms with Crippen LogP contribution < -0.4 is 16.4 Å². The summed E-state index contributed by atoms with van der Waals surface area (Å²) in [5.74, 6) is 0.459. The van der Waals surface area contributed by atoms with E-state index in [1.807, 2.05) is 33.9 Å². The monoisotopic (exact) mass is 509 g/mol. The molecule has 0 spiro atoms. The number of amides is 2. The number of hydrogen-bond acceptors (Lipinski definition) is 7. The van der Waals surface area contributed by atoms with Crippen molar-refractivity contribution in [1.29, 1.82) is 0 Å². The third-order valence-electron chi connectivity index (χ3n) is 6.84. The molecule has 3 unspecified atom stereocenters. The normalized spacial score (nSPS) is 18.4. The first-order valence-corrected chi connectivity index (χ1v) is 13.2. The van der Waals surface area contributed by atoms with Crippen molar-refractivity contribution in [2.75, 3.05) is 30.7 Å². The van der Waals surface area contributed by atoms with Crippen LogP contribution in [-0.4, -0.2) is 62.5 Å². The van der Waals surface area contributed by atoms with Crippen LogP contribution in [0, 0.1) is 0 Å². The Labute approximate surface area is 218 Å². The average molecular weight is 510 g/mol. The number of nitrogens with two attached hydrogens (primary N) is 1. The summed E-state index contributed by atoms with van der Waals surface area (Å²) in [5, 5.41) is 16.9. The molecule has 200 valence electrons. The van der Waals surface area contributed by atoms with Gasteiger partial charge in [-0.15, -0.1) is 0 Å². The smallest absolute Gasteiger partial charge is 0.319 e. The van der Waals surface area contributed by atoms with E-state index in [2.05, 4.69) is 39.7 Å². The van der Waals surface area contributed by atoms with Gasteiger partial charge in [-0.2, -0.15) is 0 Å². The number of fused-ring (bicyclic) bond motifs is 1. The molecule has 1 saturated heterocycles. The third-order valence-corrected chi connectivity index (χ3v) is 6.84. The molecule has 10 nitrogen and oxygen atoms in total. The summed E-state index contributed by atoms with van der Waals surface area (Å²) < 4.78 is 8.31. The second-order valence-electron chi connectivity index (χ2n) is 9.67. The minimum Gasteiger partial charge on any atom is -0.383 e. The molecule has 1 aromatic carbocycles. The van der Waals surface area contributed by atoms with Gasteiger partial charge in [0.25, 0.3) is 0 Å². The van der Waals surface area contributed by atoms with Gasteiger partial charge in [0.2, 0.25) is 0 Å². The van der Waals surface area contributed by atoms with Crippen molar-refractivity contribution in [2.45, 2.75) is 70.9 Å². The Balaban J connectivity index is 1.19. The van der Waals surface area contributed by atoms with Crippen molar-refractivity contribution in [2.24, 2.45) is 0 Å². The van der Waals surface area contributed by atoms with E-state index in [-0.39, 0.29) is 18.4 Å². The molecular formula is C27H39N7O3. The van der Waals surface area contributed by atoms with E-state index in [9.17, 15) is 9.90 Å². The second-order valence-corrected chi connectivity index (χ2v) is 9.67. The van der Waals surface area contributed by atoms with Crippen LogP contribution in [0.4, 0.5) is 16.3 Å².